The second-order valence-electron chi connectivity index (χ2n) is 9.42. The lowest BCUT2D eigenvalue weighted by Gasteiger charge is -2.16. The topological polar surface area (TPSA) is 75.0 Å². The van der Waals surface area contributed by atoms with Crippen molar-refractivity contribution >= 4 is 30.7 Å². The van der Waals surface area contributed by atoms with E-state index >= 15 is 0 Å². The third-order valence-corrected chi connectivity index (χ3v) is 7.16. The van der Waals surface area contributed by atoms with Crippen LogP contribution in [-0.4, -0.2) is 39.2 Å². The Morgan fingerprint density at radius 3 is 2.47 bits per heavy atom. The summed E-state index contributed by atoms with van der Waals surface area (Å²) in [6, 6.07) is 11.4. The fourth-order valence-electron chi connectivity index (χ4n) is 3.34. The van der Waals surface area contributed by atoms with Gasteiger partial charge in [0.1, 0.15) is 19.2 Å². The summed E-state index contributed by atoms with van der Waals surface area (Å²) >= 11 is 5.97. The zero-order chi connectivity index (χ0) is 25.9. The van der Waals surface area contributed by atoms with Gasteiger partial charge in [-0.05, 0) is 35.3 Å². The first-order valence-electron chi connectivity index (χ1n) is 11.2. The number of rotatable bonds is 9. The molecule has 0 saturated heterocycles. The van der Waals surface area contributed by atoms with Crippen LogP contribution >= 0.6 is 11.6 Å². The fourth-order valence-corrected chi connectivity index (χ4v) is 4.26. The van der Waals surface area contributed by atoms with Crippen molar-refractivity contribution in [2.75, 3.05) is 6.61 Å². The van der Waals surface area contributed by atoms with Gasteiger partial charge in [0.15, 0.2) is 11.3 Å². The van der Waals surface area contributed by atoms with Crippen molar-refractivity contribution in [2.24, 2.45) is 0 Å². The lowest BCUT2D eigenvalue weighted by Crippen LogP contribution is -2.22. The van der Waals surface area contributed by atoms with Gasteiger partial charge in [0.05, 0.1) is 5.39 Å². The van der Waals surface area contributed by atoms with E-state index in [2.05, 4.69) is 39.6 Å². The van der Waals surface area contributed by atoms with Crippen LogP contribution in [0.4, 0.5) is 13.2 Å². The van der Waals surface area contributed by atoms with Crippen LogP contribution in [0.1, 0.15) is 11.3 Å². The number of halogens is 4. The Bertz CT molecular complexity index is 1340. The Hall–Kier alpha value is -3.02. The second kappa shape index (κ2) is 10.5. The van der Waals surface area contributed by atoms with E-state index in [0.29, 0.717) is 29.1 Å². The van der Waals surface area contributed by atoms with Crippen molar-refractivity contribution in [1.29, 1.82) is 0 Å². The minimum Gasteiger partial charge on any atom is -0.472 e. The molecule has 0 fully saturated rings. The third kappa shape index (κ3) is 6.59. The van der Waals surface area contributed by atoms with Crippen molar-refractivity contribution in [1.82, 2.24) is 24.5 Å². The predicted octanol–water partition coefficient (Wildman–Crippen LogP) is 6.45. The van der Waals surface area contributed by atoms with Gasteiger partial charge < -0.3 is 14.0 Å². The minimum absolute atomic E-state index is 0.0106. The number of aromatic nitrogens is 5. The van der Waals surface area contributed by atoms with Gasteiger partial charge in [-0.25, -0.2) is 9.97 Å². The molecule has 0 aliphatic rings. The van der Waals surface area contributed by atoms with E-state index in [-0.39, 0.29) is 24.4 Å². The number of benzene rings is 1. The van der Waals surface area contributed by atoms with Crippen LogP contribution in [0.15, 0.2) is 48.8 Å². The summed E-state index contributed by atoms with van der Waals surface area (Å²) in [5.74, 6) is 0.477. The fraction of sp³-hybridized carbons (Fsp3) is 0.333. The van der Waals surface area contributed by atoms with Crippen LogP contribution in [0, 0.1) is 0 Å². The molecule has 0 aliphatic heterocycles. The Morgan fingerprint density at radius 2 is 1.78 bits per heavy atom. The first kappa shape index (κ1) is 26.1. The van der Waals surface area contributed by atoms with E-state index < -0.39 is 19.9 Å². The molecule has 190 valence electrons. The summed E-state index contributed by atoms with van der Waals surface area (Å²) in [5.41, 5.74) is 0.774. The smallest absolute Gasteiger partial charge is 0.434 e. The summed E-state index contributed by atoms with van der Waals surface area (Å²) < 4.78 is 53.0. The lowest BCUT2D eigenvalue weighted by molar-refractivity contribution is -0.141. The van der Waals surface area contributed by atoms with Crippen molar-refractivity contribution in [3.05, 3.63) is 65.3 Å². The van der Waals surface area contributed by atoms with E-state index in [9.17, 15) is 13.2 Å². The molecule has 36 heavy (non-hydrogen) atoms. The minimum atomic E-state index is -4.55. The zero-order valence-electron chi connectivity index (χ0n) is 20.0. The SMILES string of the molecule is C[Si](C)(C)CCOCn1cc(C(F)(F)F)nc1-c1ccc(COc2nc(Cl)nc3ncccc23)cc1. The zero-order valence-corrected chi connectivity index (χ0v) is 21.8. The van der Waals surface area contributed by atoms with Crippen LogP contribution in [0.2, 0.25) is 31.0 Å². The van der Waals surface area contributed by atoms with Crippen molar-refractivity contribution < 1.29 is 22.6 Å². The summed E-state index contributed by atoms with van der Waals surface area (Å²) in [5, 5.41) is 0.639. The highest BCUT2D eigenvalue weighted by Crippen LogP contribution is 2.31. The molecule has 12 heteroatoms. The molecule has 0 saturated carbocycles. The average molecular weight is 536 g/mol. The summed E-state index contributed by atoms with van der Waals surface area (Å²) in [7, 11) is -1.32. The highest BCUT2D eigenvalue weighted by Gasteiger charge is 2.35. The molecule has 0 spiro atoms. The number of imidazole rings is 1. The van der Waals surface area contributed by atoms with Gasteiger partial charge in [-0.1, -0.05) is 43.9 Å². The van der Waals surface area contributed by atoms with E-state index in [4.69, 9.17) is 21.1 Å². The maximum absolute atomic E-state index is 13.4. The molecule has 4 rings (SSSR count). The monoisotopic (exact) mass is 535 g/mol. The summed E-state index contributed by atoms with van der Waals surface area (Å²) in [6.07, 6.45) is -1.97. The molecule has 4 aromatic rings. The Balaban J connectivity index is 1.50. The molecule has 0 radical (unpaired) electrons. The second-order valence-corrected chi connectivity index (χ2v) is 15.4. The molecular weight excluding hydrogens is 511 g/mol. The van der Waals surface area contributed by atoms with Crippen molar-refractivity contribution in [2.45, 2.75) is 45.2 Å². The molecule has 0 unspecified atom stereocenters. The molecule has 7 nitrogen and oxygen atoms in total. The van der Waals surface area contributed by atoms with Gasteiger partial charge >= 0.3 is 6.18 Å². The molecule has 0 bridgehead atoms. The number of hydrogen-bond acceptors (Lipinski definition) is 6. The van der Waals surface area contributed by atoms with Crippen molar-refractivity contribution in [3.63, 3.8) is 0 Å². The lowest BCUT2D eigenvalue weighted by atomic mass is 10.1. The van der Waals surface area contributed by atoms with Gasteiger partial charge in [0.2, 0.25) is 11.2 Å². The van der Waals surface area contributed by atoms with E-state index in [1.54, 1.807) is 42.6 Å². The molecule has 0 N–H and O–H groups in total. The molecule has 3 aromatic heterocycles. The molecule has 3 heterocycles. The quantitative estimate of drug-likeness (QED) is 0.139. The number of pyridine rings is 1. The molecule has 0 amide bonds. The normalized spacial score (nSPS) is 12.3. The summed E-state index contributed by atoms with van der Waals surface area (Å²) in [6.45, 7) is 7.28. The van der Waals surface area contributed by atoms with Crippen LogP contribution in [0.3, 0.4) is 0 Å². The van der Waals surface area contributed by atoms with Gasteiger partial charge in [0, 0.05) is 32.6 Å². The number of hydrogen-bond donors (Lipinski definition) is 0. The predicted molar refractivity (Wildman–Crippen MR) is 133 cm³/mol. The highest BCUT2D eigenvalue weighted by molar-refractivity contribution is 6.76. The van der Waals surface area contributed by atoms with E-state index in [1.165, 1.54) is 4.57 Å². The van der Waals surface area contributed by atoms with Crippen LogP contribution < -0.4 is 4.74 Å². The van der Waals surface area contributed by atoms with Crippen LogP contribution in [0.25, 0.3) is 22.4 Å². The Morgan fingerprint density at radius 1 is 1.03 bits per heavy atom. The molecule has 1 aromatic carbocycles. The van der Waals surface area contributed by atoms with Crippen LogP contribution in [0.5, 0.6) is 5.88 Å². The standard InChI is InChI=1S/C24H25ClF3N5O2Si/c1-36(2,3)12-11-34-15-33-13-19(24(26,27)28)30-21(33)17-8-6-16(7-9-17)14-35-22-18-5-4-10-29-20(18)31-23(25)32-22/h4-10,13H,11-12,14-15H2,1-3H3. The molecule has 0 atom stereocenters. The number of fused-ring (bicyclic) bond motifs is 1. The third-order valence-electron chi connectivity index (χ3n) is 5.29. The highest BCUT2D eigenvalue weighted by atomic mass is 35.5. The Labute approximate surface area is 212 Å². The van der Waals surface area contributed by atoms with Crippen LogP contribution in [-0.2, 0) is 24.3 Å². The number of ether oxygens (including phenoxy) is 2. The average Bonchev–Trinajstić information content (AvgIpc) is 3.25. The van der Waals surface area contributed by atoms with Gasteiger partial charge in [-0.2, -0.15) is 23.1 Å². The van der Waals surface area contributed by atoms with E-state index in [1.807, 2.05) is 0 Å². The first-order valence-corrected chi connectivity index (χ1v) is 15.3. The van der Waals surface area contributed by atoms with Gasteiger partial charge in [0.25, 0.3) is 0 Å². The van der Waals surface area contributed by atoms with Gasteiger partial charge in [-0.15, -0.1) is 0 Å². The first-order chi connectivity index (χ1) is 17.0. The maximum Gasteiger partial charge on any atom is 0.434 e. The van der Waals surface area contributed by atoms with Crippen molar-refractivity contribution in [3.8, 4) is 17.3 Å². The summed E-state index contributed by atoms with van der Waals surface area (Å²) in [4.78, 5) is 16.2. The Kier molecular flexibility index (Phi) is 7.62. The molecular formula is C24H25ClF3N5O2Si. The molecule has 0 aliphatic carbocycles. The maximum atomic E-state index is 13.4. The number of alkyl halides is 3. The van der Waals surface area contributed by atoms with E-state index in [0.717, 1.165) is 17.8 Å². The largest absolute Gasteiger partial charge is 0.472 e. The number of nitrogens with zero attached hydrogens (tertiary/aromatic N) is 5. The van der Waals surface area contributed by atoms with Gasteiger partial charge in [-0.3, -0.25) is 0 Å².